The van der Waals surface area contributed by atoms with E-state index in [2.05, 4.69) is 29.6 Å². The fraction of sp³-hybridized carbons (Fsp3) is 0.579. The number of carbonyl (C=O) groups is 2. The topological polar surface area (TPSA) is 52.7 Å². The van der Waals surface area contributed by atoms with Crippen LogP contribution >= 0.6 is 0 Å². The highest BCUT2D eigenvalue weighted by Gasteiger charge is 2.24. The van der Waals surface area contributed by atoms with Crippen LogP contribution in [0.2, 0.25) is 0 Å². The van der Waals surface area contributed by atoms with Crippen molar-refractivity contribution >= 4 is 11.9 Å². The highest BCUT2D eigenvalue weighted by atomic mass is 16.2. The molecule has 0 radical (unpaired) electrons. The molecule has 24 heavy (non-hydrogen) atoms. The maximum absolute atomic E-state index is 12.7. The number of aryl methyl sites for hydroxylation is 1. The van der Waals surface area contributed by atoms with Gasteiger partial charge in [0.15, 0.2) is 0 Å². The second-order valence-corrected chi connectivity index (χ2v) is 6.79. The minimum Gasteiger partial charge on any atom is -0.341 e. The highest BCUT2D eigenvalue weighted by Crippen LogP contribution is 2.28. The lowest BCUT2D eigenvalue weighted by molar-refractivity contribution is -0.128. The van der Waals surface area contributed by atoms with Crippen LogP contribution in [-0.4, -0.2) is 47.9 Å². The number of hydrogen-bond donors (Lipinski definition) is 1. The van der Waals surface area contributed by atoms with Gasteiger partial charge in [-0.2, -0.15) is 0 Å². The van der Waals surface area contributed by atoms with Gasteiger partial charge in [0, 0.05) is 33.1 Å². The molecule has 0 saturated carbocycles. The van der Waals surface area contributed by atoms with Crippen molar-refractivity contribution in [3.05, 3.63) is 35.4 Å². The number of fused-ring (bicyclic) bond motifs is 1. The van der Waals surface area contributed by atoms with Crippen molar-refractivity contribution in [2.45, 2.75) is 45.1 Å². The molecule has 130 valence electrons. The molecule has 2 aliphatic rings. The Kier molecular flexibility index (Phi) is 5.38. The molecular weight excluding hydrogens is 302 g/mol. The zero-order chi connectivity index (χ0) is 16.9. The van der Waals surface area contributed by atoms with Gasteiger partial charge in [-0.05, 0) is 36.8 Å². The first kappa shape index (κ1) is 16.8. The molecule has 1 heterocycles. The van der Waals surface area contributed by atoms with E-state index in [-0.39, 0.29) is 18.0 Å². The minimum atomic E-state index is 0.00195. The molecule has 0 bridgehead atoms. The molecule has 0 spiro atoms. The van der Waals surface area contributed by atoms with Gasteiger partial charge in [-0.1, -0.05) is 30.7 Å². The highest BCUT2D eigenvalue weighted by molar-refractivity contribution is 5.76. The Bertz CT molecular complexity index is 602. The number of nitrogens with one attached hydrogen (secondary N) is 1. The first-order valence-corrected chi connectivity index (χ1v) is 9.04. The Hall–Kier alpha value is -2.04. The monoisotopic (exact) mass is 329 g/mol. The number of carbonyl (C=O) groups excluding carboxylic acids is 2. The van der Waals surface area contributed by atoms with E-state index in [1.54, 1.807) is 6.92 Å². The maximum atomic E-state index is 12.7. The predicted octanol–water partition coefficient (Wildman–Crippen LogP) is 2.72. The number of benzene rings is 1. The van der Waals surface area contributed by atoms with E-state index < -0.39 is 0 Å². The van der Waals surface area contributed by atoms with E-state index >= 15 is 0 Å². The molecule has 3 amide bonds. The average molecular weight is 329 g/mol. The third kappa shape index (κ3) is 3.89. The van der Waals surface area contributed by atoms with Crippen molar-refractivity contribution in [3.63, 3.8) is 0 Å². The molecular formula is C19H27N3O2. The summed E-state index contributed by atoms with van der Waals surface area (Å²) >= 11 is 0. The number of amides is 3. The average Bonchev–Trinajstić information content (AvgIpc) is 2.94. The van der Waals surface area contributed by atoms with Gasteiger partial charge >= 0.3 is 6.03 Å². The lowest BCUT2D eigenvalue weighted by atomic mass is 9.99. The van der Waals surface area contributed by atoms with Crippen LogP contribution < -0.4 is 5.32 Å². The van der Waals surface area contributed by atoms with Gasteiger partial charge in [-0.25, -0.2) is 4.79 Å². The lowest BCUT2D eigenvalue weighted by Crippen LogP contribution is -2.43. The van der Waals surface area contributed by atoms with Crippen LogP contribution in [0.3, 0.4) is 0 Å². The van der Waals surface area contributed by atoms with E-state index in [1.807, 2.05) is 9.80 Å². The molecule has 5 heteroatoms. The van der Waals surface area contributed by atoms with Gasteiger partial charge < -0.3 is 15.1 Å². The van der Waals surface area contributed by atoms with Gasteiger partial charge in [0.05, 0.1) is 6.04 Å². The summed E-state index contributed by atoms with van der Waals surface area (Å²) in [5.41, 5.74) is 2.63. The second kappa shape index (κ2) is 7.69. The van der Waals surface area contributed by atoms with Crippen molar-refractivity contribution in [1.82, 2.24) is 15.1 Å². The summed E-state index contributed by atoms with van der Waals surface area (Å²) in [4.78, 5) is 27.9. The molecule has 0 aromatic heterocycles. The van der Waals surface area contributed by atoms with Crippen molar-refractivity contribution in [2.75, 3.05) is 26.2 Å². The standard InChI is InChI=1S/C19H27N3O2/c1-15(23)21-11-6-12-22(14-13-21)19(24)20-18-10-5-3-8-16-7-2-4-9-17(16)18/h2,4,7,9,18H,3,5-6,8,10-14H2,1H3,(H,20,24). The van der Waals surface area contributed by atoms with E-state index in [0.29, 0.717) is 19.6 Å². The van der Waals surface area contributed by atoms with Crippen molar-refractivity contribution in [1.29, 1.82) is 0 Å². The molecule has 1 saturated heterocycles. The smallest absolute Gasteiger partial charge is 0.317 e. The minimum absolute atomic E-state index is 0.00195. The Morgan fingerprint density at radius 1 is 1.00 bits per heavy atom. The third-order valence-corrected chi connectivity index (χ3v) is 5.15. The quantitative estimate of drug-likeness (QED) is 0.806. The molecule has 1 aromatic carbocycles. The van der Waals surface area contributed by atoms with Crippen LogP contribution in [0.25, 0.3) is 0 Å². The van der Waals surface area contributed by atoms with Crippen LogP contribution in [-0.2, 0) is 11.2 Å². The van der Waals surface area contributed by atoms with Crippen molar-refractivity contribution in [3.8, 4) is 0 Å². The van der Waals surface area contributed by atoms with Gasteiger partial charge in [-0.3, -0.25) is 4.79 Å². The number of urea groups is 1. The van der Waals surface area contributed by atoms with Gasteiger partial charge in [0.2, 0.25) is 5.91 Å². The number of hydrogen-bond acceptors (Lipinski definition) is 2. The van der Waals surface area contributed by atoms with E-state index in [9.17, 15) is 9.59 Å². The van der Waals surface area contributed by atoms with Crippen LogP contribution in [0.15, 0.2) is 24.3 Å². The fourth-order valence-electron chi connectivity index (χ4n) is 3.75. The summed E-state index contributed by atoms with van der Waals surface area (Å²) in [5.74, 6) is 0.0925. The van der Waals surface area contributed by atoms with Gasteiger partial charge in [-0.15, -0.1) is 0 Å². The largest absolute Gasteiger partial charge is 0.341 e. The van der Waals surface area contributed by atoms with Crippen molar-refractivity contribution < 1.29 is 9.59 Å². The Balaban J connectivity index is 1.65. The molecule has 3 rings (SSSR count). The molecule has 1 aliphatic heterocycles. The van der Waals surface area contributed by atoms with E-state index in [0.717, 1.165) is 32.2 Å². The van der Waals surface area contributed by atoms with E-state index in [4.69, 9.17) is 0 Å². The first-order chi connectivity index (χ1) is 11.6. The summed E-state index contributed by atoms with van der Waals surface area (Å²) < 4.78 is 0. The normalized spacial score (nSPS) is 21.5. The Morgan fingerprint density at radius 2 is 1.75 bits per heavy atom. The molecule has 1 fully saturated rings. The molecule has 5 nitrogen and oxygen atoms in total. The number of nitrogens with zero attached hydrogens (tertiary/aromatic N) is 2. The summed E-state index contributed by atoms with van der Waals surface area (Å²) in [6.45, 7) is 4.29. The summed E-state index contributed by atoms with van der Waals surface area (Å²) in [6.07, 6.45) is 5.25. The summed E-state index contributed by atoms with van der Waals surface area (Å²) in [5, 5.41) is 3.24. The fourth-order valence-corrected chi connectivity index (χ4v) is 3.75. The first-order valence-electron chi connectivity index (χ1n) is 9.04. The Labute approximate surface area is 144 Å². The Morgan fingerprint density at radius 3 is 2.58 bits per heavy atom. The summed E-state index contributed by atoms with van der Waals surface area (Å²) in [7, 11) is 0. The maximum Gasteiger partial charge on any atom is 0.317 e. The van der Waals surface area contributed by atoms with Crippen LogP contribution in [0.5, 0.6) is 0 Å². The molecule has 1 atom stereocenters. The van der Waals surface area contributed by atoms with Gasteiger partial charge in [0.25, 0.3) is 0 Å². The van der Waals surface area contributed by atoms with Crippen LogP contribution in [0.4, 0.5) is 4.79 Å². The second-order valence-electron chi connectivity index (χ2n) is 6.79. The zero-order valence-corrected chi connectivity index (χ0v) is 14.5. The summed E-state index contributed by atoms with van der Waals surface area (Å²) in [6, 6.07) is 8.56. The molecule has 1 unspecified atom stereocenters. The molecule has 1 aromatic rings. The molecule has 1 N–H and O–H groups in total. The van der Waals surface area contributed by atoms with Crippen molar-refractivity contribution in [2.24, 2.45) is 0 Å². The number of rotatable bonds is 1. The predicted molar refractivity (Wildman–Crippen MR) is 93.7 cm³/mol. The van der Waals surface area contributed by atoms with E-state index in [1.165, 1.54) is 17.5 Å². The van der Waals surface area contributed by atoms with Crippen LogP contribution in [0.1, 0.15) is 49.8 Å². The third-order valence-electron chi connectivity index (χ3n) is 5.15. The SMILES string of the molecule is CC(=O)N1CCCN(C(=O)NC2CCCCc3ccccc32)CC1. The molecule has 1 aliphatic carbocycles. The van der Waals surface area contributed by atoms with Crippen LogP contribution in [0, 0.1) is 0 Å². The lowest BCUT2D eigenvalue weighted by Gasteiger charge is -2.26. The van der Waals surface area contributed by atoms with Gasteiger partial charge in [0.1, 0.15) is 0 Å². The zero-order valence-electron chi connectivity index (χ0n) is 14.5.